The molecule has 2 aromatic heterocycles. The zero-order valence-corrected chi connectivity index (χ0v) is 11.1. The van der Waals surface area contributed by atoms with Gasteiger partial charge in [-0.1, -0.05) is 15.9 Å². The molecule has 20 heavy (non-hydrogen) atoms. The fourth-order valence-electron chi connectivity index (χ4n) is 1.82. The van der Waals surface area contributed by atoms with E-state index in [9.17, 15) is 18.4 Å². The molecule has 102 valence electrons. The second-order valence-electron chi connectivity index (χ2n) is 3.96. The highest BCUT2D eigenvalue weighted by Gasteiger charge is 2.17. The van der Waals surface area contributed by atoms with Crippen LogP contribution in [0.15, 0.2) is 26.2 Å². The standard InChI is InChI=1S/C11H5BrF2N4O2/c12-3-1-4(13)6(5(14)2-3)8-15-7-9(16-8)17-11(20)18-10(7)19/h1-2H,(H3,15,16,17,18,19,20). The summed E-state index contributed by atoms with van der Waals surface area (Å²) < 4.78 is 27.9. The Balaban J connectivity index is 2.34. The van der Waals surface area contributed by atoms with Crippen LogP contribution in [0.4, 0.5) is 8.78 Å². The van der Waals surface area contributed by atoms with E-state index in [1.165, 1.54) is 0 Å². The first-order valence-corrected chi connectivity index (χ1v) is 6.12. The zero-order chi connectivity index (χ0) is 14.4. The molecule has 9 heteroatoms. The summed E-state index contributed by atoms with van der Waals surface area (Å²) in [6.07, 6.45) is 0. The largest absolute Gasteiger partial charge is 0.332 e. The minimum Gasteiger partial charge on any atom is -0.332 e. The number of H-pyrrole nitrogens is 3. The van der Waals surface area contributed by atoms with Crippen molar-refractivity contribution in [2.75, 3.05) is 0 Å². The second kappa shape index (κ2) is 4.37. The van der Waals surface area contributed by atoms with Crippen molar-refractivity contribution in [3.63, 3.8) is 0 Å². The summed E-state index contributed by atoms with van der Waals surface area (Å²) in [5.41, 5.74) is -2.03. The van der Waals surface area contributed by atoms with Gasteiger partial charge in [0.2, 0.25) is 0 Å². The van der Waals surface area contributed by atoms with Crippen LogP contribution in [0.1, 0.15) is 0 Å². The van der Waals surface area contributed by atoms with Crippen molar-refractivity contribution in [3.8, 4) is 11.4 Å². The van der Waals surface area contributed by atoms with Crippen LogP contribution in [0, 0.1) is 11.6 Å². The zero-order valence-electron chi connectivity index (χ0n) is 9.55. The fraction of sp³-hybridized carbons (Fsp3) is 0. The van der Waals surface area contributed by atoms with Crippen molar-refractivity contribution in [3.05, 3.63) is 49.1 Å². The maximum Gasteiger partial charge on any atom is 0.327 e. The Labute approximate surface area is 117 Å². The molecule has 0 saturated heterocycles. The molecule has 1 aromatic carbocycles. The highest BCUT2D eigenvalue weighted by Crippen LogP contribution is 2.27. The van der Waals surface area contributed by atoms with Gasteiger partial charge in [0.25, 0.3) is 5.56 Å². The SMILES string of the molecule is O=c1[nH]c(=O)c2[nH]c(-c3c(F)cc(Br)cc3F)nc2[nH]1. The molecule has 2 heterocycles. The molecule has 0 atom stereocenters. The fourth-order valence-corrected chi connectivity index (χ4v) is 2.22. The molecule has 0 aliphatic heterocycles. The number of halogens is 3. The molecule has 0 radical (unpaired) electrons. The number of hydrogen-bond donors (Lipinski definition) is 3. The lowest BCUT2D eigenvalue weighted by Crippen LogP contribution is -2.21. The topological polar surface area (TPSA) is 94.4 Å². The lowest BCUT2D eigenvalue weighted by molar-refractivity contribution is 0.586. The van der Waals surface area contributed by atoms with E-state index in [2.05, 4.69) is 30.9 Å². The third-order valence-electron chi connectivity index (χ3n) is 2.63. The maximum absolute atomic E-state index is 13.8. The molecule has 0 amide bonds. The summed E-state index contributed by atoms with van der Waals surface area (Å²) in [6.45, 7) is 0. The molecule has 3 rings (SSSR count). The average molecular weight is 343 g/mol. The Hall–Kier alpha value is -2.29. The summed E-state index contributed by atoms with van der Waals surface area (Å²) in [5, 5.41) is 0. The number of rotatable bonds is 1. The molecule has 0 unspecified atom stereocenters. The van der Waals surface area contributed by atoms with E-state index in [4.69, 9.17) is 0 Å². The maximum atomic E-state index is 13.8. The second-order valence-corrected chi connectivity index (χ2v) is 4.88. The van der Waals surface area contributed by atoms with Crippen molar-refractivity contribution in [1.82, 2.24) is 19.9 Å². The van der Waals surface area contributed by atoms with Gasteiger partial charge in [-0.05, 0) is 12.1 Å². The molecule has 0 aliphatic carbocycles. The van der Waals surface area contributed by atoms with E-state index in [1.54, 1.807) is 0 Å². The Morgan fingerprint density at radius 2 is 1.70 bits per heavy atom. The predicted molar refractivity (Wildman–Crippen MR) is 70.4 cm³/mol. The van der Waals surface area contributed by atoms with Crippen LogP contribution < -0.4 is 11.2 Å². The first kappa shape index (κ1) is 12.7. The van der Waals surface area contributed by atoms with Crippen LogP contribution in [-0.2, 0) is 0 Å². The quantitative estimate of drug-likeness (QED) is 0.627. The smallest absolute Gasteiger partial charge is 0.327 e. The van der Waals surface area contributed by atoms with Gasteiger partial charge >= 0.3 is 5.69 Å². The van der Waals surface area contributed by atoms with Gasteiger partial charge in [0, 0.05) is 4.47 Å². The molecule has 3 N–H and O–H groups in total. The van der Waals surface area contributed by atoms with E-state index in [0.29, 0.717) is 0 Å². The minimum atomic E-state index is -0.852. The van der Waals surface area contributed by atoms with Gasteiger partial charge in [-0.3, -0.25) is 14.8 Å². The number of imidazole rings is 1. The Bertz CT molecular complexity index is 920. The van der Waals surface area contributed by atoms with Crippen LogP contribution in [-0.4, -0.2) is 19.9 Å². The van der Waals surface area contributed by atoms with Crippen molar-refractivity contribution in [1.29, 1.82) is 0 Å². The van der Waals surface area contributed by atoms with E-state index < -0.39 is 28.4 Å². The molecule has 3 aromatic rings. The number of fused-ring (bicyclic) bond motifs is 1. The van der Waals surface area contributed by atoms with Gasteiger partial charge in [-0.15, -0.1) is 0 Å². The molecule has 0 aliphatic rings. The van der Waals surface area contributed by atoms with Gasteiger partial charge in [0.05, 0.1) is 5.56 Å². The number of nitrogens with one attached hydrogen (secondary N) is 3. The first-order chi connectivity index (χ1) is 9.45. The van der Waals surface area contributed by atoms with Crippen molar-refractivity contribution < 1.29 is 8.78 Å². The van der Waals surface area contributed by atoms with E-state index in [-0.39, 0.29) is 21.5 Å². The molecule has 6 nitrogen and oxygen atoms in total. The van der Waals surface area contributed by atoms with Crippen LogP contribution in [0.3, 0.4) is 0 Å². The van der Waals surface area contributed by atoms with Crippen LogP contribution >= 0.6 is 15.9 Å². The third kappa shape index (κ3) is 1.95. The normalized spacial score (nSPS) is 11.2. The number of nitrogens with zero attached hydrogens (tertiary/aromatic N) is 1. The molecule has 0 fully saturated rings. The van der Waals surface area contributed by atoms with E-state index >= 15 is 0 Å². The van der Waals surface area contributed by atoms with Crippen molar-refractivity contribution in [2.24, 2.45) is 0 Å². The van der Waals surface area contributed by atoms with Gasteiger partial charge in [-0.2, -0.15) is 0 Å². The lowest BCUT2D eigenvalue weighted by atomic mass is 10.2. The number of aromatic nitrogens is 4. The number of aromatic amines is 3. The van der Waals surface area contributed by atoms with Gasteiger partial charge in [-0.25, -0.2) is 18.6 Å². The molecular weight excluding hydrogens is 338 g/mol. The monoisotopic (exact) mass is 342 g/mol. The van der Waals surface area contributed by atoms with Gasteiger partial charge < -0.3 is 4.98 Å². The van der Waals surface area contributed by atoms with Gasteiger partial charge in [0.15, 0.2) is 5.65 Å². The average Bonchev–Trinajstić information content (AvgIpc) is 2.71. The van der Waals surface area contributed by atoms with E-state index in [1.807, 2.05) is 4.98 Å². The Morgan fingerprint density at radius 3 is 2.35 bits per heavy atom. The van der Waals surface area contributed by atoms with E-state index in [0.717, 1.165) is 12.1 Å². The molecule has 0 bridgehead atoms. The highest BCUT2D eigenvalue weighted by atomic mass is 79.9. The van der Waals surface area contributed by atoms with Crippen LogP contribution in [0.5, 0.6) is 0 Å². The van der Waals surface area contributed by atoms with Crippen molar-refractivity contribution >= 4 is 27.1 Å². The third-order valence-corrected chi connectivity index (χ3v) is 3.09. The highest BCUT2D eigenvalue weighted by molar-refractivity contribution is 9.10. The Morgan fingerprint density at radius 1 is 1.05 bits per heavy atom. The summed E-state index contributed by atoms with van der Waals surface area (Å²) in [4.78, 5) is 33.2. The van der Waals surface area contributed by atoms with Crippen LogP contribution in [0.25, 0.3) is 22.6 Å². The summed E-state index contributed by atoms with van der Waals surface area (Å²) in [6, 6.07) is 2.14. The first-order valence-electron chi connectivity index (χ1n) is 5.33. The lowest BCUT2D eigenvalue weighted by Gasteiger charge is -2.02. The number of hydrogen-bond acceptors (Lipinski definition) is 3. The van der Waals surface area contributed by atoms with Crippen LogP contribution in [0.2, 0.25) is 0 Å². The molecule has 0 saturated carbocycles. The van der Waals surface area contributed by atoms with Gasteiger partial charge in [0.1, 0.15) is 23.0 Å². The Kier molecular flexibility index (Phi) is 2.78. The van der Waals surface area contributed by atoms with Crippen molar-refractivity contribution in [2.45, 2.75) is 0 Å². The molecule has 0 spiro atoms. The minimum absolute atomic E-state index is 0.0682. The predicted octanol–water partition coefficient (Wildman–Crippen LogP) is 1.65. The molecular formula is C11H5BrF2N4O2. The number of benzene rings is 1. The summed E-state index contributed by atoms with van der Waals surface area (Å²) in [5.74, 6) is -1.89. The summed E-state index contributed by atoms with van der Waals surface area (Å²) >= 11 is 2.96. The summed E-state index contributed by atoms with van der Waals surface area (Å²) in [7, 11) is 0.